The van der Waals surface area contributed by atoms with Crippen molar-refractivity contribution in [3.8, 4) is 0 Å². The number of nitrogens with one attached hydrogen (secondary N) is 3. The zero-order valence-corrected chi connectivity index (χ0v) is 20.7. The molecule has 0 unspecified atom stereocenters. The minimum Gasteiger partial charge on any atom is -0.371 e. The van der Waals surface area contributed by atoms with Gasteiger partial charge in [-0.05, 0) is 48.6 Å². The number of halogens is 7. The van der Waals surface area contributed by atoms with E-state index in [9.17, 15) is 31.1 Å². The van der Waals surface area contributed by atoms with Crippen molar-refractivity contribution in [3.63, 3.8) is 0 Å². The third-order valence-corrected chi connectivity index (χ3v) is 6.51. The number of alkyl halides is 7. The van der Waals surface area contributed by atoms with E-state index >= 15 is 0 Å². The Balaban J connectivity index is 1.85. The van der Waals surface area contributed by atoms with E-state index in [0.29, 0.717) is 31.5 Å². The van der Waals surface area contributed by atoms with Crippen molar-refractivity contribution in [1.82, 2.24) is 16.0 Å². The Labute approximate surface area is 215 Å². The first kappa shape index (κ1) is 29.1. The summed E-state index contributed by atoms with van der Waals surface area (Å²) in [6, 6.07) is 10.1. The Kier molecular flexibility index (Phi) is 9.36. The maximum Gasteiger partial charge on any atom is 0.416 e. The highest BCUT2D eigenvalue weighted by atomic mass is 35.5. The van der Waals surface area contributed by atoms with Crippen LogP contribution in [0.5, 0.6) is 0 Å². The van der Waals surface area contributed by atoms with Crippen LogP contribution in [0.2, 0.25) is 0 Å². The van der Waals surface area contributed by atoms with Gasteiger partial charge in [0.1, 0.15) is 0 Å². The lowest BCUT2D eigenvalue weighted by Crippen LogP contribution is -2.58. The number of carbonyl (C=O) groups is 1. The van der Waals surface area contributed by atoms with E-state index in [-0.39, 0.29) is 36.7 Å². The Hall–Kier alpha value is -2.50. The Bertz CT molecular complexity index is 1010. The van der Waals surface area contributed by atoms with Crippen LogP contribution in [0.3, 0.4) is 0 Å². The summed E-state index contributed by atoms with van der Waals surface area (Å²) in [6.45, 7) is 2.00. The van der Waals surface area contributed by atoms with Crippen molar-refractivity contribution in [2.45, 2.75) is 56.2 Å². The van der Waals surface area contributed by atoms with Crippen molar-refractivity contribution >= 4 is 17.6 Å². The van der Waals surface area contributed by atoms with Gasteiger partial charge in [-0.2, -0.15) is 26.3 Å². The second-order valence-corrected chi connectivity index (χ2v) is 9.16. The third-order valence-electron chi connectivity index (χ3n) is 6.38. The fourth-order valence-electron chi connectivity index (χ4n) is 4.42. The summed E-state index contributed by atoms with van der Waals surface area (Å²) >= 11 is 5.52. The highest BCUT2D eigenvalue weighted by Crippen LogP contribution is 2.39. The highest BCUT2D eigenvalue weighted by Gasteiger charge is 2.40. The van der Waals surface area contributed by atoms with Crippen molar-refractivity contribution in [3.05, 3.63) is 70.8 Å². The predicted molar refractivity (Wildman–Crippen MR) is 127 cm³/mol. The molecule has 0 spiro atoms. The first-order chi connectivity index (χ1) is 17.4. The van der Waals surface area contributed by atoms with Gasteiger partial charge in [0, 0.05) is 12.6 Å². The monoisotopic (exact) mass is 551 g/mol. The van der Waals surface area contributed by atoms with Gasteiger partial charge in [-0.15, -0.1) is 11.6 Å². The molecule has 3 atom stereocenters. The maximum absolute atomic E-state index is 13.4. The van der Waals surface area contributed by atoms with Crippen LogP contribution in [0.25, 0.3) is 0 Å². The lowest BCUT2D eigenvalue weighted by atomic mass is 9.81. The summed E-state index contributed by atoms with van der Waals surface area (Å²) in [5.74, 6) is 0. The minimum atomic E-state index is -4.94. The molecule has 0 saturated carbocycles. The molecule has 1 aliphatic heterocycles. The standard InChI is InChI=1S/C25H28ClF6N3O2/c1-2-21(16-10-18(24(27,28)29)12-19(11-16)25(30,31)32)37-14-23(17-6-4-3-5-7-17)9-8-20(13-34-23)35-22(36)33-15-26/h3-7,10-12,20-21,34H,2,8-9,13-15H2,1H3,(H2,33,35,36)/t20-,21+,23+/m0/s1. The lowest BCUT2D eigenvalue weighted by Gasteiger charge is -2.42. The summed E-state index contributed by atoms with van der Waals surface area (Å²) in [5.41, 5.74) is -2.85. The Morgan fingerprint density at radius 3 is 2.22 bits per heavy atom. The topological polar surface area (TPSA) is 62.4 Å². The molecular formula is C25H28ClF6N3O2. The van der Waals surface area contributed by atoms with Gasteiger partial charge >= 0.3 is 18.4 Å². The number of amides is 2. The number of hydrogen-bond acceptors (Lipinski definition) is 3. The number of carbonyl (C=O) groups excluding carboxylic acids is 1. The molecule has 1 heterocycles. The molecule has 1 saturated heterocycles. The van der Waals surface area contributed by atoms with E-state index in [1.54, 1.807) is 6.92 Å². The molecule has 3 N–H and O–H groups in total. The first-order valence-electron chi connectivity index (χ1n) is 11.7. The molecule has 0 aromatic heterocycles. The van der Waals surface area contributed by atoms with Crippen LogP contribution in [0.4, 0.5) is 31.1 Å². The largest absolute Gasteiger partial charge is 0.416 e. The molecule has 5 nitrogen and oxygen atoms in total. The molecule has 204 valence electrons. The van der Waals surface area contributed by atoms with Crippen LogP contribution in [-0.2, 0) is 22.6 Å². The average Bonchev–Trinajstić information content (AvgIpc) is 2.85. The van der Waals surface area contributed by atoms with Crippen LogP contribution in [0, 0.1) is 0 Å². The SMILES string of the molecule is CC[C@@H](OC[C@@]1(c2ccccc2)CC[C@H](NC(=O)NCCl)CN1)c1cc(C(F)(F)F)cc(C(F)(F)F)c1. The van der Waals surface area contributed by atoms with Crippen molar-refractivity contribution in [2.24, 2.45) is 0 Å². The van der Waals surface area contributed by atoms with Crippen LogP contribution in [0.15, 0.2) is 48.5 Å². The highest BCUT2D eigenvalue weighted by molar-refractivity contribution is 6.18. The van der Waals surface area contributed by atoms with Gasteiger partial charge in [0.05, 0.1) is 35.4 Å². The molecule has 0 aliphatic carbocycles. The van der Waals surface area contributed by atoms with Gasteiger partial charge in [0.25, 0.3) is 0 Å². The minimum absolute atomic E-state index is 0.00624. The summed E-state index contributed by atoms with van der Waals surface area (Å²) < 4.78 is 86.3. The fraction of sp³-hybridized carbons (Fsp3) is 0.480. The third kappa shape index (κ3) is 7.52. The number of rotatable bonds is 8. The number of urea groups is 1. The molecular weight excluding hydrogens is 524 g/mol. The summed E-state index contributed by atoms with van der Waals surface area (Å²) in [5, 5.41) is 8.63. The van der Waals surface area contributed by atoms with Crippen molar-refractivity contribution in [1.29, 1.82) is 0 Å². The summed E-state index contributed by atoms with van der Waals surface area (Å²) in [4.78, 5) is 11.8. The van der Waals surface area contributed by atoms with E-state index in [4.69, 9.17) is 16.3 Å². The molecule has 1 aliphatic rings. The normalized spacial score (nSPS) is 21.4. The number of ether oxygens (including phenoxy) is 1. The molecule has 0 radical (unpaired) electrons. The second kappa shape index (κ2) is 11.9. The average molecular weight is 552 g/mol. The first-order valence-corrected chi connectivity index (χ1v) is 12.2. The van der Waals surface area contributed by atoms with Gasteiger partial charge < -0.3 is 20.7 Å². The molecule has 2 aromatic rings. The van der Waals surface area contributed by atoms with E-state index < -0.39 is 41.2 Å². The molecule has 2 amide bonds. The van der Waals surface area contributed by atoms with E-state index in [1.165, 1.54) is 0 Å². The quantitative estimate of drug-likeness (QED) is 0.204. The second-order valence-electron chi connectivity index (χ2n) is 8.90. The summed E-state index contributed by atoms with van der Waals surface area (Å²) in [7, 11) is 0. The van der Waals surface area contributed by atoms with Gasteiger partial charge in [0.15, 0.2) is 0 Å². The van der Waals surface area contributed by atoms with Crippen molar-refractivity contribution < 1.29 is 35.9 Å². The number of benzene rings is 2. The molecule has 2 aromatic carbocycles. The van der Waals surface area contributed by atoms with Gasteiger partial charge in [0.2, 0.25) is 0 Å². The van der Waals surface area contributed by atoms with Gasteiger partial charge in [-0.25, -0.2) is 4.79 Å². The van der Waals surface area contributed by atoms with Crippen molar-refractivity contribution in [2.75, 3.05) is 19.2 Å². The van der Waals surface area contributed by atoms with Gasteiger partial charge in [-0.1, -0.05) is 37.3 Å². The summed E-state index contributed by atoms with van der Waals surface area (Å²) in [6.07, 6.45) is -9.68. The van der Waals surface area contributed by atoms with Crippen LogP contribution in [0.1, 0.15) is 54.5 Å². The van der Waals surface area contributed by atoms with Gasteiger partial charge in [-0.3, -0.25) is 0 Å². The Morgan fingerprint density at radius 2 is 1.73 bits per heavy atom. The zero-order valence-electron chi connectivity index (χ0n) is 20.0. The van der Waals surface area contributed by atoms with E-state index in [1.807, 2.05) is 30.3 Å². The molecule has 1 fully saturated rings. The fourth-order valence-corrected chi connectivity index (χ4v) is 4.54. The van der Waals surface area contributed by atoms with Crippen LogP contribution in [-0.4, -0.2) is 31.2 Å². The molecule has 12 heteroatoms. The molecule has 3 rings (SSSR count). The zero-order chi connectivity index (χ0) is 27.3. The predicted octanol–water partition coefficient (Wildman–Crippen LogP) is 6.33. The Morgan fingerprint density at radius 1 is 1.11 bits per heavy atom. The van der Waals surface area contributed by atoms with E-state index in [2.05, 4.69) is 16.0 Å². The van der Waals surface area contributed by atoms with Crippen LogP contribution < -0.4 is 16.0 Å². The van der Waals surface area contributed by atoms with E-state index in [0.717, 1.165) is 5.56 Å². The number of hydrogen-bond donors (Lipinski definition) is 3. The van der Waals surface area contributed by atoms with Crippen LogP contribution >= 0.6 is 11.6 Å². The lowest BCUT2D eigenvalue weighted by molar-refractivity contribution is -0.143. The number of piperidine rings is 1. The molecule has 37 heavy (non-hydrogen) atoms. The molecule has 0 bridgehead atoms. The smallest absolute Gasteiger partial charge is 0.371 e. The maximum atomic E-state index is 13.4.